The normalized spacial score (nSPS) is 21.8. The zero-order valence-electron chi connectivity index (χ0n) is 10.4. The van der Waals surface area contributed by atoms with Crippen LogP contribution in [0.25, 0.3) is 0 Å². The second kappa shape index (κ2) is 6.21. The van der Waals surface area contributed by atoms with Crippen molar-refractivity contribution in [2.75, 3.05) is 19.7 Å². The van der Waals surface area contributed by atoms with Crippen LogP contribution in [0.15, 0.2) is 0 Å². The maximum atomic E-state index is 11.8. The number of hydrogen-bond acceptors (Lipinski definition) is 3. The van der Waals surface area contributed by atoms with Crippen LogP contribution in [0, 0.1) is 5.92 Å². The van der Waals surface area contributed by atoms with Crippen LogP contribution in [0.1, 0.15) is 39.5 Å². The fourth-order valence-corrected chi connectivity index (χ4v) is 2.13. The van der Waals surface area contributed by atoms with E-state index in [2.05, 4.69) is 10.6 Å². The number of nitrogens with one attached hydrogen (secondary N) is 2. The molecule has 0 aromatic carbocycles. The molecule has 1 atom stereocenters. The molecule has 16 heavy (non-hydrogen) atoms. The summed E-state index contributed by atoms with van der Waals surface area (Å²) in [6.45, 7) is 6.03. The van der Waals surface area contributed by atoms with Gasteiger partial charge >= 0.3 is 0 Å². The topological polar surface area (TPSA) is 61.4 Å². The lowest BCUT2D eigenvalue weighted by Gasteiger charge is -2.28. The second-order valence-corrected chi connectivity index (χ2v) is 5.32. The summed E-state index contributed by atoms with van der Waals surface area (Å²) in [4.78, 5) is 11.8. The highest BCUT2D eigenvalue weighted by molar-refractivity contribution is 5.77. The van der Waals surface area contributed by atoms with Crippen LogP contribution in [0.5, 0.6) is 0 Å². The molecule has 0 aliphatic carbocycles. The van der Waals surface area contributed by atoms with Gasteiger partial charge in [-0.15, -0.1) is 0 Å². The van der Waals surface area contributed by atoms with Gasteiger partial charge in [0.1, 0.15) is 0 Å². The lowest BCUT2D eigenvalue weighted by molar-refractivity contribution is -0.123. The van der Waals surface area contributed by atoms with Crippen molar-refractivity contribution in [2.45, 2.75) is 45.1 Å². The summed E-state index contributed by atoms with van der Waals surface area (Å²) in [5.41, 5.74) is -0.298. The Morgan fingerprint density at radius 1 is 1.56 bits per heavy atom. The van der Waals surface area contributed by atoms with Gasteiger partial charge in [-0.3, -0.25) is 4.79 Å². The van der Waals surface area contributed by atoms with Crippen LogP contribution in [0.2, 0.25) is 0 Å². The van der Waals surface area contributed by atoms with Crippen molar-refractivity contribution >= 4 is 5.91 Å². The fourth-order valence-electron chi connectivity index (χ4n) is 2.13. The summed E-state index contributed by atoms with van der Waals surface area (Å²) < 4.78 is 0. The molecule has 1 saturated heterocycles. The van der Waals surface area contributed by atoms with Crippen LogP contribution in [-0.4, -0.2) is 36.2 Å². The first-order chi connectivity index (χ1) is 7.53. The molecular formula is C12H24N2O2. The molecule has 0 saturated carbocycles. The number of aliphatic hydroxyl groups excluding tert-OH is 1. The minimum atomic E-state index is -0.298. The molecule has 1 aliphatic heterocycles. The molecule has 0 aromatic rings. The molecule has 1 heterocycles. The standard InChI is InChI=1S/C12H24N2O2/c1-12(2,5-7-15)14-11(16)8-10-4-3-6-13-9-10/h10,13,15H,3-9H2,1-2H3,(H,14,16). The van der Waals surface area contributed by atoms with E-state index in [1.807, 2.05) is 13.8 Å². The van der Waals surface area contributed by atoms with E-state index < -0.39 is 0 Å². The first kappa shape index (κ1) is 13.5. The number of carbonyl (C=O) groups excluding carboxylic acids is 1. The van der Waals surface area contributed by atoms with Gasteiger partial charge in [-0.25, -0.2) is 0 Å². The first-order valence-electron chi connectivity index (χ1n) is 6.16. The van der Waals surface area contributed by atoms with Gasteiger partial charge in [0.25, 0.3) is 0 Å². The van der Waals surface area contributed by atoms with Crippen LogP contribution in [-0.2, 0) is 4.79 Å². The molecule has 4 heteroatoms. The average Bonchev–Trinajstić information content (AvgIpc) is 2.17. The average molecular weight is 228 g/mol. The van der Waals surface area contributed by atoms with Crippen molar-refractivity contribution in [2.24, 2.45) is 5.92 Å². The number of rotatable bonds is 5. The Labute approximate surface area is 97.8 Å². The highest BCUT2D eigenvalue weighted by atomic mass is 16.3. The molecule has 1 fully saturated rings. The largest absolute Gasteiger partial charge is 0.396 e. The third kappa shape index (κ3) is 4.94. The number of aliphatic hydroxyl groups is 1. The molecule has 1 aliphatic rings. The zero-order valence-corrected chi connectivity index (χ0v) is 10.4. The number of carbonyl (C=O) groups is 1. The Morgan fingerprint density at radius 2 is 2.31 bits per heavy atom. The molecule has 1 amide bonds. The van der Waals surface area contributed by atoms with E-state index in [0.29, 0.717) is 18.8 Å². The van der Waals surface area contributed by atoms with Crippen molar-refractivity contribution < 1.29 is 9.90 Å². The van der Waals surface area contributed by atoms with E-state index in [1.54, 1.807) is 0 Å². The van der Waals surface area contributed by atoms with E-state index in [9.17, 15) is 4.79 Å². The van der Waals surface area contributed by atoms with Gasteiger partial charge in [-0.2, -0.15) is 0 Å². The Morgan fingerprint density at radius 3 is 2.88 bits per heavy atom. The van der Waals surface area contributed by atoms with E-state index in [-0.39, 0.29) is 18.1 Å². The predicted octanol–water partition coefficient (Wildman–Crippen LogP) is 0.653. The number of hydrogen-bond donors (Lipinski definition) is 3. The Bertz CT molecular complexity index is 223. The Balaban J connectivity index is 2.28. The minimum absolute atomic E-state index is 0.104. The van der Waals surface area contributed by atoms with Gasteiger partial charge in [0.05, 0.1) is 0 Å². The molecule has 0 radical (unpaired) electrons. The SMILES string of the molecule is CC(C)(CCO)NC(=O)CC1CCCNC1. The number of piperidine rings is 1. The minimum Gasteiger partial charge on any atom is -0.396 e. The maximum absolute atomic E-state index is 11.8. The van der Waals surface area contributed by atoms with Crippen LogP contribution < -0.4 is 10.6 Å². The van der Waals surface area contributed by atoms with Crippen molar-refractivity contribution in [3.8, 4) is 0 Å². The lowest BCUT2D eigenvalue weighted by atomic mass is 9.94. The lowest BCUT2D eigenvalue weighted by Crippen LogP contribution is -2.45. The zero-order chi connectivity index (χ0) is 12.0. The first-order valence-corrected chi connectivity index (χ1v) is 6.16. The predicted molar refractivity (Wildman–Crippen MR) is 64.1 cm³/mol. The second-order valence-electron chi connectivity index (χ2n) is 5.32. The summed E-state index contributed by atoms with van der Waals surface area (Å²) in [5.74, 6) is 0.575. The van der Waals surface area contributed by atoms with E-state index >= 15 is 0 Å². The monoisotopic (exact) mass is 228 g/mol. The van der Waals surface area contributed by atoms with Crippen LogP contribution in [0.4, 0.5) is 0 Å². The summed E-state index contributed by atoms with van der Waals surface area (Å²) in [6, 6.07) is 0. The van der Waals surface area contributed by atoms with E-state index in [1.165, 1.54) is 0 Å². The summed E-state index contributed by atoms with van der Waals surface area (Å²) >= 11 is 0. The molecule has 0 bridgehead atoms. The van der Waals surface area contributed by atoms with Gasteiger partial charge in [-0.05, 0) is 52.1 Å². The molecule has 0 aromatic heterocycles. The fraction of sp³-hybridized carbons (Fsp3) is 0.917. The number of amides is 1. The highest BCUT2D eigenvalue weighted by Crippen LogP contribution is 2.15. The van der Waals surface area contributed by atoms with Gasteiger partial charge in [0.15, 0.2) is 0 Å². The molecule has 4 nitrogen and oxygen atoms in total. The van der Waals surface area contributed by atoms with Crippen LogP contribution in [0.3, 0.4) is 0 Å². The Hall–Kier alpha value is -0.610. The molecular weight excluding hydrogens is 204 g/mol. The molecule has 1 rings (SSSR count). The highest BCUT2D eigenvalue weighted by Gasteiger charge is 2.22. The summed E-state index contributed by atoms with van der Waals surface area (Å²) in [5, 5.41) is 15.2. The van der Waals surface area contributed by atoms with Crippen molar-refractivity contribution in [1.82, 2.24) is 10.6 Å². The van der Waals surface area contributed by atoms with Crippen molar-refractivity contribution in [3.63, 3.8) is 0 Å². The van der Waals surface area contributed by atoms with Gasteiger partial charge < -0.3 is 15.7 Å². The molecule has 3 N–H and O–H groups in total. The van der Waals surface area contributed by atoms with Gasteiger partial charge in [-0.1, -0.05) is 0 Å². The summed E-state index contributed by atoms with van der Waals surface area (Å²) in [7, 11) is 0. The summed E-state index contributed by atoms with van der Waals surface area (Å²) in [6.07, 6.45) is 3.50. The van der Waals surface area contributed by atoms with Crippen molar-refractivity contribution in [1.29, 1.82) is 0 Å². The van der Waals surface area contributed by atoms with Crippen LogP contribution >= 0.6 is 0 Å². The smallest absolute Gasteiger partial charge is 0.220 e. The third-order valence-electron chi connectivity index (χ3n) is 3.09. The van der Waals surface area contributed by atoms with Gasteiger partial charge in [0.2, 0.25) is 5.91 Å². The van der Waals surface area contributed by atoms with E-state index in [0.717, 1.165) is 25.9 Å². The third-order valence-corrected chi connectivity index (χ3v) is 3.09. The quantitative estimate of drug-likeness (QED) is 0.647. The molecule has 0 spiro atoms. The molecule has 1 unspecified atom stereocenters. The van der Waals surface area contributed by atoms with E-state index in [4.69, 9.17) is 5.11 Å². The Kier molecular flexibility index (Phi) is 5.22. The van der Waals surface area contributed by atoms with Crippen molar-refractivity contribution in [3.05, 3.63) is 0 Å². The molecule has 94 valence electrons. The van der Waals surface area contributed by atoms with Gasteiger partial charge in [0, 0.05) is 18.6 Å². The maximum Gasteiger partial charge on any atom is 0.220 e.